The molecular formula is C15H23N3O. The molecule has 0 bridgehead atoms. The van der Waals surface area contributed by atoms with Gasteiger partial charge in [-0.2, -0.15) is 0 Å². The van der Waals surface area contributed by atoms with E-state index < -0.39 is 0 Å². The average molecular weight is 261 g/mol. The van der Waals surface area contributed by atoms with E-state index in [1.54, 1.807) is 12.3 Å². The molecule has 104 valence electrons. The first-order chi connectivity index (χ1) is 9.11. The molecule has 2 atom stereocenters. The van der Waals surface area contributed by atoms with Gasteiger partial charge in [-0.05, 0) is 44.7 Å². The van der Waals surface area contributed by atoms with Crippen molar-refractivity contribution >= 4 is 11.7 Å². The van der Waals surface area contributed by atoms with E-state index in [2.05, 4.69) is 24.1 Å². The minimum atomic E-state index is 0.126. The van der Waals surface area contributed by atoms with Crippen LogP contribution in [0.4, 0.5) is 5.82 Å². The van der Waals surface area contributed by atoms with Crippen LogP contribution < -0.4 is 5.32 Å². The standard InChI is InChI=1S/C15H23N3O/c1-4-16-14-10-13(5-7-17-14)15(19)18-8-6-11(2)9-12(18)3/h5,7,10-12H,4,6,8-9H2,1-3H3,(H,16,17). The van der Waals surface area contributed by atoms with E-state index in [9.17, 15) is 4.79 Å². The Bertz CT molecular complexity index is 447. The SMILES string of the molecule is CCNc1cc(C(=O)N2CCC(C)CC2C)ccn1. The lowest BCUT2D eigenvalue weighted by atomic mass is 9.93. The van der Waals surface area contributed by atoms with Crippen molar-refractivity contribution < 1.29 is 4.79 Å². The summed E-state index contributed by atoms with van der Waals surface area (Å²) in [4.78, 5) is 18.7. The third-order valence-corrected chi connectivity index (χ3v) is 3.76. The van der Waals surface area contributed by atoms with E-state index in [0.717, 1.165) is 37.3 Å². The summed E-state index contributed by atoms with van der Waals surface area (Å²) in [6.07, 6.45) is 3.89. The van der Waals surface area contributed by atoms with Crippen LogP contribution in [0, 0.1) is 5.92 Å². The fourth-order valence-corrected chi connectivity index (χ4v) is 2.72. The number of carbonyl (C=O) groups excluding carboxylic acids is 1. The smallest absolute Gasteiger partial charge is 0.254 e. The van der Waals surface area contributed by atoms with Crippen LogP contribution >= 0.6 is 0 Å². The molecule has 1 aromatic heterocycles. The molecule has 1 amide bonds. The first kappa shape index (κ1) is 13.8. The summed E-state index contributed by atoms with van der Waals surface area (Å²) in [6, 6.07) is 3.97. The molecular weight excluding hydrogens is 238 g/mol. The van der Waals surface area contributed by atoms with E-state index in [1.165, 1.54) is 0 Å². The van der Waals surface area contributed by atoms with Gasteiger partial charge in [-0.15, -0.1) is 0 Å². The lowest BCUT2D eigenvalue weighted by Gasteiger charge is -2.36. The van der Waals surface area contributed by atoms with Crippen LogP contribution in [0.3, 0.4) is 0 Å². The Balaban J connectivity index is 2.12. The van der Waals surface area contributed by atoms with Crippen molar-refractivity contribution in [3.8, 4) is 0 Å². The number of carbonyl (C=O) groups is 1. The number of nitrogens with one attached hydrogen (secondary N) is 1. The molecule has 1 aliphatic heterocycles. The van der Waals surface area contributed by atoms with Gasteiger partial charge in [0.15, 0.2) is 0 Å². The van der Waals surface area contributed by atoms with Gasteiger partial charge in [0.05, 0.1) is 0 Å². The van der Waals surface area contributed by atoms with Crippen LogP contribution in [0.15, 0.2) is 18.3 Å². The summed E-state index contributed by atoms with van der Waals surface area (Å²) >= 11 is 0. The third-order valence-electron chi connectivity index (χ3n) is 3.76. The maximum absolute atomic E-state index is 12.5. The average Bonchev–Trinajstić information content (AvgIpc) is 2.39. The molecule has 1 saturated heterocycles. The lowest BCUT2D eigenvalue weighted by Crippen LogP contribution is -2.44. The van der Waals surface area contributed by atoms with Crippen molar-refractivity contribution in [3.63, 3.8) is 0 Å². The van der Waals surface area contributed by atoms with Crippen LogP contribution in [0.5, 0.6) is 0 Å². The molecule has 1 N–H and O–H groups in total. The van der Waals surface area contributed by atoms with Gasteiger partial charge in [-0.25, -0.2) is 4.98 Å². The van der Waals surface area contributed by atoms with Crippen molar-refractivity contribution in [2.24, 2.45) is 5.92 Å². The highest BCUT2D eigenvalue weighted by atomic mass is 16.2. The summed E-state index contributed by atoms with van der Waals surface area (Å²) in [6.45, 7) is 8.08. The molecule has 19 heavy (non-hydrogen) atoms. The number of piperidine rings is 1. The lowest BCUT2D eigenvalue weighted by molar-refractivity contribution is 0.0588. The molecule has 2 unspecified atom stereocenters. The monoisotopic (exact) mass is 261 g/mol. The minimum absolute atomic E-state index is 0.126. The highest BCUT2D eigenvalue weighted by Gasteiger charge is 2.27. The number of hydrogen-bond acceptors (Lipinski definition) is 3. The zero-order valence-corrected chi connectivity index (χ0v) is 12.0. The van der Waals surface area contributed by atoms with E-state index in [1.807, 2.05) is 17.9 Å². The van der Waals surface area contributed by atoms with Crippen molar-refractivity contribution in [3.05, 3.63) is 23.9 Å². The van der Waals surface area contributed by atoms with Gasteiger partial charge in [0.2, 0.25) is 0 Å². The van der Waals surface area contributed by atoms with Crippen molar-refractivity contribution in [2.75, 3.05) is 18.4 Å². The fraction of sp³-hybridized carbons (Fsp3) is 0.600. The van der Waals surface area contributed by atoms with E-state index >= 15 is 0 Å². The van der Waals surface area contributed by atoms with Gasteiger partial charge in [-0.1, -0.05) is 6.92 Å². The summed E-state index contributed by atoms with van der Waals surface area (Å²) in [7, 11) is 0. The van der Waals surface area contributed by atoms with E-state index in [0.29, 0.717) is 12.0 Å². The predicted molar refractivity (Wildman–Crippen MR) is 77.3 cm³/mol. The second-order valence-corrected chi connectivity index (χ2v) is 5.44. The van der Waals surface area contributed by atoms with Crippen LogP contribution in [0.2, 0.25) is 0 Å². The first-order valence-corrected chi connectivity index (χ1v) is 7.12. The van der Waals surface area contributed by atoms with Crippen LogP contribution in [-0.4, -0.2) is 34.9 Å². The topological polar surface area (TPSA) is 45.2 Å². The molecule has 1 fully saturated rings. The van der Waals surface area contributed by atoms with Gasteiger partial charge in [0.25, 0.3) is 5.91 Å². The van der Waals surface area contributed by atoms with E-state index in [4.69, 9.17) is 0 Å². The normalized spacial score (nSPS) is 23.2. The van der Waals surface area contributed by atoms with E-state index in [-0.39, 0.29) is 5.91 Å². The second kappa shape index (κ2) is 6.04. The van der Waals surface area contributed by atoms with Crippen LogP contribution in [0.1, 0.15) is 44.0 Å². The molecule has 0 aromatic carbocycles. The Hall–Kier alpha value is -1.58. The number of anilines is 1. The Labute approximate surface area is 115 Å². The first-order valence-electron chi connectivity index (χ1n) is 7.12. The van der Waals surface area contributed by atoms with Crippen LogP contribution in [0.25, 0.3) is 0 Å². The summed E-state index contributed by atoms with van der Waals surface area (Å²) in [5, 5.41) is 3.14. The Kier molecular flexibility index (Phi) is 4.40. The molecule has 1 aliphatic rings. The Morgan fingerprint density at radius 2 is 2.32 bits per heavy atom. The molecule has 0 radical (unpaired) electrons. The number of aromatic nitrogens is 1. The van der Waals surface area contributed by atoms with Gasteiger partial charge in [-0.3, -0.25) is 4.79 Å². The summed E-state index contributed by atoms with van der Waals surface area (Å²) in [5.41, 5.74) is 0.729. The quantitative estimate of drug-likeness (QED) is 0.910. The number of pyridine rings is 1. The fourth-order valence-electron chi connectivity index (χ4n) is 2.72. The molecule has 4 heteroatoms. The number of nitrogens with zero attached hydrogens (tertiary/aromatic N) is 2. The van der Waals surface area contributed by atoms with Crippen molar-refractivity contribution in [2.45, 2.75) is 39.7 Å². The van der Waals surface area contributed by atoms with Gasteiger partial charge in [0.1, 0.15) is 5.82 Å². The molecule has 0 spiro atoms. The Morgan fingerprint density at radius 3 is 3.00 bits per heavy atom. The molecule has 1 aromatic rings. The van der Waals surface area contributed by atoms with Crippen LogP contribution in [-0.2, 0) is 0 Å². The molecule has 0 saturated carbocycles. The maximum atomic E-state index is 12.5. The van der Waals surface area contributed by atoms with Crippen molar-refractivity contribution in [1.82, 2.24) is 9.88 Å². The molecule has 2 rings (SSSR count). The number of likely N-dealkylation sites (tertiary alicyclic amines) is 1. The van der Waals surface area contributed by atoms with Crippen molar-refractivity contribution in [1.29, 1.82) is 0 Å². The molecule has 4 nitrogen and oxygen atoms in total. The van der Waals surface area contributed by atoms with Gasteiger partial charge in [0, 0.05) is 30.9 Å². The predicted octanol–water partition coefficient (Wildman–Crippen LogP) is 2.77. The number of rotatable bonds is 3. The third kappa shape index (κ3) is 3.25. The molecule has 2 heterocycles. The minimum Gasteiger partial charge on any atom is -0.370 e. The highest BCUT2D eigenvalue weighted by molar-refractivity contribution is 5.95. The maximum Gasteiger partial charge on any atom is 0.254 e. The number of hydrogen-bond donors (Lipinski definition) is 1. The van der Waals surface area contributed by atoms with Gasteiger partial charge < -0.3 is 10.2 Å². The zero-order valence-electron chi connectivity index (χ0n) is 12.0. The molecule has 0 aliphatic carbocycles. The largest absolute Gasteiger partial charge is 0.370 e. The van der Waals surface area contributed by atoms with Gasteiger partial charge >= 0.3 is 0 Å². The Morgan fingerprint density at radius 1 is 1.53 bits per heavy atom. The summed E-state index contributed by atoms with van der Waals surface area (Å²) in [5.74, 6) is 1.61. The highest BCUT2D eigenvalue weighted by Crippen LogP contribution is 2.24. The summed E-state index contributed by atoms with van der Waals surface area (Å²) < 4.78 is 0. The second-order valence-electron chi connectivity index (χ2n) is 5.44. The number of amides is 1. The zero-order chi connectivity index (χ0) is 13.8.